The molecule has 0 radical (unpaired) electrons. The average Bonchev–Trinajstić information content (AvgIpc) is 3.30. The number of anilines is 1. The van der Waals surface area contributed by atoms with Crippen LogP contribution in [0.1, 0.15) is 22.3 Å². The summed E-state index contributed by atoms with van der Waals surface area (Å²) in [5.41, 5.74) is 3.78. The fourth-order valence-corrected chi connectivity index (χ4v) is 3.46. The molecule has 0 saturated heterocycles. The second-order valence-electron chi connectivity index (χ2n) is 5.58. The molecular formula is C17H16N4O2S. The number of hydroxylamine groups is 1. The van der Waals surface area contributed by atoms with E-state index in [1.807, 2.05) is 18.3 Å². The van der Waals surface area contributed by atoms with E-state index in [1.165, 1.54) is 16.9 Å². The van der Waals surface area contributed by atoms with Crippen molar-refractivity contribution < 1.29 is 10.0 Å². The Balaban J connectivity index is 1.72. The number of H-pyrrole nitrogens is 1. The van der Waals surface area contributed by atoms with Crippen LogP contribution in [0.3, 0.4) is 0 Å². The Labute approximate surface area is 142 Å². The molecule has 1 aliphatic rings. The van der Waals surface area contributed by atoms with Gasteiger partial charge in [0.15, 0.2) is 0 Å². The van der Waals surface area contributed by atoms with E-state index in [0.717, 1.165) is 36.0 Å². The van der Waals surface area contributed by atoms with Crippen molar-refractivity contribution in [2.24, 2.45) is 0 Å². The van der Waals surface area contributed by atoms with Crippen LogP contribution in [0.25, 0.3) is 16.5 Å². The largest absolute Gasteiger partial charge is 0.361 e. The van der Waals surface area contributed by atoms with Crippen molar-refractivity contribution >= 4 is 38.9 Å². The molecule has 0 unspecified atom stereocenters. The van der Waals surface area contributed by atoms with Crippen molar-refractivity contribution in [1.82, 2.24) is 15.3 Å². The zero-order chi connectivity index (χ0) is 16.5. The molecule has 0 bridgehead atoms. The van der Waals surface area contributed by atoms with Gasteiger partial charge in [-0.2, -0.15) is 5.06 Å². The number of rotatable bonds is 3. The van der Waals surface area contributed by atoms with Gasteiger partial charge in [0.1, 0.15) is 0 Å². The molecule has 0 atom stereocenters. The van der Waals surface area contributed by atoms with E-state index in [4.69, 9.17) is 0 Å². The standard InChI is InChI=1S/C17H16N4O2S/c22-16(21(23)17-19-7-8-24-17)12-1-2-15-13(9-12)14(10-20-15)11-3-5-18-6-4-11/h1-3,7-10,18,20,23H,4-6H2. The maximum absolute atomic E-state index is 12.5. The number of hydrogen-bond acceptors (Lipinski definition) is 5. The van der Waals surface area contributed by atoms with E-state index in [1.54, 1.807) is 17.6 Å². The van der Waals surface area contributed by atoms with Crippen molar-refractivity contribution in [3.63, 3.8) is 0 Å². The van der Waals surface area contributed by atoms with Crippen LogP contribution in [-0.4, -0.2) is 34.2 Å². The Hall–Kier alpha value is -2.48. The van der Waals surface area contributed by atoms with Crippen LogP contribution >= 0.6 is 11.3 Å². The Kier molecular flexibility index (Phi) is 3.89. The molecule has 3 N–H and O–H groups in total. The minimum atomic E-state index is -0.488. The Morgan fingerprint density at radius 2 is 2.29 bits per heavy atom. The van der Waals surface area contributed by atoms with E-state index >= 15 is 0 Å². The molecule has 3 aromatic rings. The topological polar surface area (TPSA) is 81.2 Å². The normalized spacial score (nSPS) is 14.6. The zero-order valence-corrected chi connectivity index (χ0v) is 13.6. The summed E-state index contributed by atoms with van der Waals surface area (Å²) in [5.74, 6) is -0.488. The van der Waals surface area contributed by atoms with Gasteiger partial charge < -0.3 is 10.3 Å². The molecule has 0 fully saturated rings. The lowest BCUT2D eigenvalue weighted by Crippen LogP contribution is -2.26. The van der Waals surface area contributed by atoms with Crippen molar-refractivity contribution in [2.75, 3.05) is 18.2 Å². The second-order valence-corrected chi connectivity index (χ2v) is 6.45. The zero-order valence-electron chi connectivity index (χ0n) is 12.8. The molecule has 24 heavy (non-hydrogen) atoms. The molecule has 7 heteroatoms. The lowest BCUT2D eigenvalue weighted by atomic mass is 9.98. The van der Waals surface area contributed by atoms with Gasteiger partial charge in [-0.15, -0.1) is 11.3 Å². The number of carbonyl (C=O) groups is 1. The molecule has 0 aliphatic carbocycles. The molecule has 4 rings (SSSR count). The number of hydrogen-bond donors (Lipinski definition) is 3. The lowest BCUT2D eigenvalue weighted by Gasteiger charge is -2.14. The summed E-state index contributed by atoms with van der Waals surface area (Å²) >= 11 is 1.21. The van der Waals surface area contributed by atoms with Crippen molar-refractivity contribution in [3.05, 3.63) is 53.2 Å². The molecule has 2 aromatic heterocycles. The highest BCUT2D eigenvalue weighted by Crippen LogP contribution is 2.29. The lowest BCUT2D eigenvalue weighted by molar-refractivity contribution is 0.0854. The smallest absolute Gasteiger partial charge is 0.284 e. The first-order valence-electron chi connectivity index (χ1n) is 7.68. The minimum absolute atomic E-state index is 0.260. The minimum Gasteiger partial charge on any atom is -0.361 e. The highest BCUT2D eigenvalue weighted by atomic mass is 32.1. The maximum Gasteiger partial charge on any atom is 0.284 e. The van der Waals surface area contributed by atoms with Gasteiger partial charge in [0.25, 0.3) is 5.91 Å². The van der Waals surface area contributed by atoms with Gasteiger partial charge in [-0.1, -0.05) is 6.08 Å². The fourth-order valence-electron chi connectivity index (χ4n) is 2.92. The molecule has 122 valence electrons. The first-order valence-corrected chi connectivity index (χ1v) is 8.56. The highest BCUT2D eigenvalue weighted by Gasteiger charge is 2.19. The third-order valence-corrected chi connectivity index (χ3v) is 4.88. The first-order chi connectivity index (χ1) is 11.7. The Bertz CT molecular complexity index is 914. The van der Waals surface area contributed by atoms with Gasteiger partial charge in [-0.05, 0) is 36.7 Å². The van der Waals surface area contributed by atoms with Crippen LogP contribution in [-0.2, 0) is 0 Å². The number of thiazole rings is 1. The predicted octanol–water partition coefficient (Wildman–Crippen LogP) is 3.04. The van der Waals surface area contributed by atoms with E-state index in [2.05, 4.69) is 21.4 Å². The monoisotopic (exact) mass is 340 g/mol. The summed E-state index contributed by atoms with van der Waals surface area (Å²) < 4.78 is 0. The van der Waals surface area contributed by atoms with Crippen LogP contribution in [0.5, 0.6) is 0 Å². The van der Waals surface area contributed by atoms with Crippen molar-refractivity contribution in [1.29, 1.82) is 0 Å². The second kappa shape index (κ2) is 6.20. The molecule has 1 aliphatic heterocycles. The summed E-state index contributed by atoms with van der Waals surface area (Å²) in [6, 6.07) is 5.39. The number of aromatic amines is 1. The molecule has 1 amide bonds. The number of amides is 1. The van der Waals surface area contributed by atoms with Crippen molar-refractivity contribution in [3.8, 4) is 0 Å². The summed E-state index contributed by atoms with van der Waals surface area (Å²) in [5, 5.41) is 16.9. The maximum atomic E-state index is 12.5. The third-order valence-electron chi connectivity index (χ3n) is 4.13. The number of fused-ring (bicyclic) bond motifs is 1. The van der Waals surface area contributed by atoms with Crippen LogP contribution in [0, 0.1) is 0 Å². The SMILES string of the molecule is O=C(c1ccc2[nH]cc(C3=CCNCC3)c2c1)N(O)c1nccs1. The Morgan fingerprint density at radius 3 is 3.04 bits per heavy atom. The summed E-state index contributed by atoms with van der Waals surface area (Å²) in [6.45, 7) is 1.81. The van der Waals surface area contributed by atoms with Crippen LogP contribution in [0.4, 0.5) is 5.13 Å². The number of nitrogens with one attached hydrogen (secondary N) is 2. The van der Waals surface area contributed by atoms with Gasteiger partial charge in [-0.25, -0.2) is 4.98 Å². The molecule has 0 saturated carbocycles. The third kappa shape index (κ3) is 2.62. The summed E-state index contributed by atoms with van der Waals surface area (Å²) in [6.07, 6.45) is 6.66. The molecule has 3 heterocycles. The molecule has 6 nitrogen and oxygen atoms in total. The number of nitrogens with zero attached hydrogens (tertiary/aromatic N) is 2. The number of benzene rings is 1. The van der Waals surface area contributed by atoms with E-state index < -0.39 is 5.91 Å². The highest BCUT2D eigenvalue weighted by molar-refractivity contribution is 7.13. The van der Waals surface area contributed by atoms with Crippen molar-refractivity contribution in [2.45, 2.75) is 6.42 Å². The quantitative estimate of drug-likeness (QED) is 0.506. The van der Waals surface area contributed by atoms with Crippen LogP contribution in [0.15, 0.2) is 42.0 Å². The van der Waals surface area contributed by atoms with Gasteiger partial charge in [0.05, 0.1) is 0 Å². The number of carbonyl (C=O) groups excluding carboxylic acids is 1. The molecule has 0 spiro atoms. The van der Waals surface area contributed by atoms with E-state index in [-0.39, 0.29) is 5.13 Å². The van der Waals surface area contributed by atoms with Crippen LogP contribution < -0.4 is 10.4 Å². The van der Waals surface area contributed by atoms with Gasteiger partial charge in [-0.3, -0.25) is 10.0 Å². The summed E-state index contributed by atoms with van der Waals surface area (Å²) in [7, 11) is 0. The van der Waals surface area contributed by atoms with Gasteiger partial charge in [0.2, 0.25) is 5.13 Å². The van der Waals surface area contributed by atoms with E-state index in [0.29, 0.717) is 10.6 Å². The number of aromatic nitrogens is 2. The predicted molar refractivity (Wildman–Crippen MR) is 94.5 cm³/mol. The fraction of sp³-hybridized carbons (Fsp3) is 0.176. The molecular weight excluding hydrogens is 324 g/mol. The van der Waals surface area contributed by atoms with E-state index in [9.17, 15) is 10.0 Å². The average molecular weight is 340 g/mol. The Morgan fingerprint density at radius 1 is 1.38 bits per heavy atom. The van der Waals surface area contributed by atoms with Crippen LogP contribution in [0.2, 0.25) is 0 Å². The summed E-state index contributed by atoms with van der Waals surface area (Å²) in [4.78, 5) is 19.7. The van der Waals surface area contributed by atoms with Gasteiger partial charge >= 0.3 is 0 Å². The molecule has 1 aromatic carbocycles. The van der Waals surface area contributed by atoms with Gasteiger partial charge in [0, 0.05) is 46.3 Å². The first kappa shape index (κ1) is 15.1.